The highest BCUT2D eigenvalue weighted by Gasteiger charge is 2.15. The number of ether oxygens (including phenoxy) is 2. The maximum Gasteiger partial charge on any atom is 0.508 e. The van der Waals surface area contributed by atoms with Gasteiger partial charge in [0.1, 0.15) is 0 Å². The molecule has 30 heavy (non-hydrogen) atoms. The van der Waals surface area contributed by atoms with Gasteiger partial charge < -0.3 is 9.47 Å². The van der Waals surface area contributed by atoms with Crippen molar-refractivity contribution in [3.8, 4) is 0 Å². The van der Waals surface area contributed by atoms with E-state index >= 15 is 0 Å². The van der Waals surface area contributed by atoms with E-state index in [2.05, 4.69) is 27.7 Å². The lowest BCUT2D eigenvalue weighted by atomic mass is 9.96. The SMILES string of the molecule is CCCCCCCC(CCCC)COC(=O)OCC(CCCC)CCCCCCC. The van der Waals surface area contributed by atoms with Crippen LogP contribution in [0.25, 0.3) is 0 Å². The summed E-state index contributed by atoms with van der Waals surface area (Å²) in [6, 6.07) is 0. The summed E-state index contributed by atoms with van der Waals surface area (Å²) in [6.07, 6.45) is 22.1. The zero-order chi connectivity index (χ0) is 22.3. The molecule has 2 unspecified atom stereocenters. The van der Waals surface area contributed by atoms with Gasteiger partial charge in [0.05, 0.1) is 13.2 Å². The van der Waals surface area contributed by atoms with Crippen LogP contribution in [0, 0.1) is 11.8 Å². The average molecular weight is 427 g/mol. The second-order valence-corrected chi connectivity index (χ2v) is 9.29. The molecule has 0 aliphatic carbocycles. The van der Waals surface area contributed by atoms with Gasteiger partial charge in [-0.1, -0.05) is 118 Å². The van der Waals surface area contributed by atoms with Crippen LogP contribution in [-0.4, -0.2) is 19.4 Å². The zero-order valence-electron chi connectivity index (χ0n) is 21.0. The Morgan fingerprint density at radius 2 is 0.833 bits per heavy atom. The number of carbonyl (C=O) groups excluding carboxylic acids is 1. The summed E-state index contributed by atoms with van der Waals surface area (Å²) in [5, 5.41) is 0. The summed E-state index contributed by atoms with van der Waals surface area (Å²) in [4.78, 5) is 12.2. The van der Waals surface area contributed by atoms with Crippen molar-refractivity contribution in [2.45, 2.75) is 143 Å². The van der Waals surface area contributed by atoms with E-state index < -0.39 is 6.16 Å². The van der Waals surface area contributed by atoms with E-state index in [1.54, 1.807) is 0 Å². The highest BCUT2D eigenvalue weighted by molar-refractivity contribution is 5.59. The van der Waals surface area contributed by atoms with Crippen LogP contribution in [0.15, 0.2) is 0 Å². The lowest BCUT2D eigenvalue weighted by Crippen LogP contribution is -2.19. The van der Waals surface area contributed by atoms with Crippen LogP contribution < -0.4 is 0 Å². The van der Waals surface area contributed by atoms with Crippen molar-refractivity contribution in [3.05, 3.63) is 0 Å². The fourth-order valence-electron chi connectivity index (χ4n) is 4.09. The maximum absolute atomic E-state index is 12.2. The molecule has 0 rings (SSSR count). The van der Waals surface area contributed by atoms with Crippen molar-refractivity contribution in [2.75, 3.05) is 13.2 Å². The molecule has 0 N–H and O–H groups in total. The minimum Gasteiger partial charge on any atom is -0.434 e. The standard InChI is InChI=1S/C27H54O3/c1-5-9-13-15-17-21-25(19-11-7-3)23-29-27(28)30-24-26(20-12-8-4)22-18-16-14-10-6-2/h25-26H,5-24H2,1-4H3. The van der Waals surface area contributed by atoms with Crippen LogP contribution in [-0.2, 0) is 9.47 Å². The van der Waals surface area contributed by atoms with Crippen molar-refractivity contribution >= 4 is 6.16 Å². The molecule has 0 radical (unpaired) electrons. The molecule has 0 fully saturated rings. The molecule has 0 saturated carbocycles. The van der Waals surface area contributed by atoms with Gasteiger partial charge >= 0.3 is 6.16 Å². The van der Waals surface area contributed by atoms with E-state index in [0.29, 0.717) is 25.0 Å². The summed E-state index contributed by atoms with van der Waals surface area (Å²) in [7, 11) is 0. The highest BCUT2D eigenvalue weighted by Crippen LogP contribution is 2.20. The van der Waals surface area contributed by atoms with Crippen molar-refractivity contribution in [1.29, 1.82) is 0 Å². The smallest absolute Gasteiger partial charge is 0.434 e. The molecule has 0 bridgehead atoms. The molecule has 0 heterocycles. The Balaban J connectivity index is 4.17. The summed E-state index contributed by atoms with van der Waals surface area (Å²) >= 11 is 0. The predicted octanol–water partition coefficient (Wildman–Crippen LogP) is 9.47. The van der Waals surface area contributed by atoms with Crippen LogP contribution >= 0.6 is 0 Å². The first-order chi connectivity index (χ1) is 14.7. The number of hydrogen-bond acceptors (Lipinski definition) is 3. The second kappa shape index (κ2) is 22.9. The van der Waals surface area contributed by atoms with E-state index in [-0.39, 0.29) is 0 Å². The molecule has 2 atom stereocenters. The molecule has 0 aromatic carbocycles. The number of hydrogen-bond donors (Lipinski definition) is 0. The maximum atomic E-state index is 12.2. The van der Waals surface area contributed by atoms with E-state index in [9.17, 15) is 4.79 Å². The van der Waals surface area contributed by atoms with E-state index in [4.69, 9.17) is 9.47 Å². The van der Waals surface area contributed by atoms with Crippen molar-refractivity contribution < 1.29 is 14.3 Å². The molecule has 0 aromatic rings. The summed E-state index contributed by atoms with van der Waals surface area (Å²) in [5.74, 6) is 0.988. The van der Waals surface area contributed by atoms with Gasteiger partial charge in [0.25, 0.3) is 0 Å². The van der Waals surface area contributed by atoms with Crippen molar-refractivity contribution in [1.82, 2.24) is 0 Å². The van der Waals surface area contributed by atoms with Gasteiger partial charge in [-0.15, -0.1) is 0 Å². The van der Waals surface area contributed by atoms with Gasteiger partial charge in [-0.2, -0.15) is 0 Å². The van der Waals surface area contributed by atoms with Gasteiger partial charge in [-0.05, 0) is 37.5 Å². The minimum atomic E-state index is -0.449. The highest BCUT2D eigenvalue weighted by atomic mass is 16.7. The Kier molecular flexibility index (Phi) is 22.4. The molecule has 0 amide bonds. The third-order valence-corrected chi connectivity index (χ3v) is 6.24. The quantitative estimate of drug-likeness (QED) is 0.128. The van der Waals surface area contributed by atoms with Gasteiger partial charge in [-0.3, -0.25) is 0 Å². The topological polar surface area (TPSA) is 35.5 Å². The summed E-state index contributed by atoms with van der Waals surface area (Å²) < 4.78 is 11.1. The van der Waals surface area contributed by atoms with E-state index in [1.807, 2.05) is 0 Å². The molecule has 0 aliphatic rings. The van der Waals surface area contributed by atoms with E-state index in [0.717, 1.165) is 12.8 Å². The van der Waals surface area contributed by atoms with Crippen LogP contribution in [0.1, 0.15) is 143 Å². The van der Waals surface area contributed by atoms with Crippen molar-refractivity contribution in [3.63, 3.8) is 0 Å². The zero-order valence-corrected chi connectivity index (χ0v) is 21.0. The first kappa shape index (κ1) is 29.3. The largest absolute Gasteiger partial charge is 0.508 e. The minimum absolute atomic E-state index is 0.449. The Labute approximate surface area is 189 Å². The molecule has 0 saturated heterocycles. The third kappa shape index (κ3) is 19.2. The molecule has 3 heteroatoms. The average Bonchev–Trinajstić information content (AvgIpc) is 2.76. The van der Waals surface area contributed by atoms with Gasteiger partial charge in [0.2, 0.25) is 0 Å². The summed E-state index contributed by atoms with van der Waals surface area (Å²) in [6.45, 7) is 10.0. The first-order valence-electron chi connectivity index (χ1n) is 13.5. The Morgan fingerprint density at radius 1 is 0.500 bits per heavy atom. The van der Waals surface area contributed by atoms with Crippen molar-refractivity contribution in [2.24, 2.45) is 11.8 Å². The Hall–Kier alpha value is -0.730. The predicted molar refractivity (Wildman–Crippen MR) is 130 cm³/mol. The molecule has 3 nitrogen and oxygen atoms in total. The number of carbonyl (C=O) groups is 1. The van der Waals surface area contributed by atoms with Crippen LogP contribution in [0.5, 0.6) is 0 Å². The molecule has 0 spiro atoms. The number of rotatable bonds is 22. The lowest BCUT2D eigenvalue weighted by molar-refractivity contribution is 0.0301. The molecule has 0 aliphatic heterocycles. The fourth-order valence-corrected chi connectivity index (χ4v) is 4.09. The van der Waals surface area contributed by atoms with Crippen LogP contribution in [0.4, 0.5) is 4.79 Å². The molecular formula is C27H54O3. The van der Waals surface area contributed by atoms with Crippen LogP contribution in [0.2, 0.25) is 0 Å². The molecule has 180 valence electrons. The normalized spacial score (nSPS) is 13.2. The monoisotopic (exact) mass is 426 g/mol. The fraction of sp³-hybridized carbons (Fsp3) is 0.963. The number of unbranched alkanes of at least 4 members (excludes halogenated alkanes) is 10. The molecular weight excluding hydrogens is 372 g/mol. The van der Waals surface area contributed by atoms with Gasteiger partial charge in [0.15, 0.2) is 0 Å². The summed E-state index contributed by atoms with van der Waals surface area (Å²) in [5.41, 5.74) is 0. The van der Waals surface area contributed by atoms with Gasteiger partial charge in [-0.25, -0.2) is 4.79 Å². The van der Waals surface area contributed by atoms with E-state index in [1.165, 1.54) is 103 Å². The Morgan fingerprint density at radius 3 is 1.20 bits per heavy atom. The third-order valence-electron chi connectivity index (χ3n) is 6.24. The van der Waals surface area contributed by atoms with Crippen LogP contribution in [0.3, 0.4) is 0 Å². The molecule has 0 aromatic heterocycles. The lowest BCUT2D eigenvalue weighted by Gasteiger charge is -2.19. The van der Waals surface area contributed by atoms with Gasteiger partial charge in [0, 0.05) is 0 Å². The first-order valence-corrected chi connectivity index (χ1v) is 13.5. The Bertz CT molecular complexity index is 324. The second-order valence-electron chi connectivity index (χ2n) is 9.29.